The van der Waals surface area contributed by atoms with Crippen LogP contribution in [0.2, 0.25) is 0 Å². The lowest BCUT2D eigenvalue weighted by Crippen LogP contribution is -2.51. The first-order valence-electron chi connectivity index (χ1n) is 14.0. The van der Waals surface area contributed by atoms with E-state index >= 15 is 0 Å². The third kappa shape index (κ3) is 5.75. The number of ether oxygens (including phenoxy) is 2. The first kappa shape index (κ1) is 28.1. The van der Waals surface area contributed by atoms with E-state index in [1.807, 2.05) is 63.2 Å². The molecule has 1 aliphatic rings. The lowest BCUT2D eigenvalue weighted by Gasteiger charge is -2.35. The fourth-order valence-corrected chi connectivity index (χ4v) is 5.31. The minimum Gasteiger partial charge on any atom is -0.493 e. The third-order valence-electron chi connectivity index (χ3n) is 7.91. The number of amides is 2. The van der Waals surface area contributed by atoms with Gasteiger partial charge in [-0.1, -0.05) is 36.4 Å². The highest BCUT2D eigenvalue weighted by Crippen LogP contribution is 2.36. The van der Waals surface area contributed by atoms with Crippen LogP contribution in [0.4, 0.5) is 5.69 Å². The second-order valence-electron chi connectivity index (χ2n) is 11.0. The van der Waals surface area contributed by atoms with Crippen LogP contribution in [0.5, 0.6) is 11.5 Å². The molecule has 9 heteroatoms. The molecule has 1 aliphatic carbocycles. The molecule has 2 amide bonds. The molecule has 0 saturated carbocycles. The van der Waals surface area contributed by atoms with Crippen LogP contribution >= 0.6 is 0 Å². The average molecular weight is 556 g/mol. The van der Waals surface area contributed by atoms with E-state index in [9.17, 15) is 9.59 Å². The van der Waals surface area contributed by atoms with Crippen LogP contribution < -0.4 is 19.7 Å². The van der Waals surface area contributed by atoms with Crippen LogP contribution in [0.1, 0.15) is 56.3 Å². The molecule has 214 valence electrons. The molecule has 1 aromatic heterocycles. The van der Waals surface area contributed by atoms with E-state index in [4.69, 9.17) is 9.47 Å². The number of benzene rings is 3. The van der Waals surface area contributed by atoms with Crippen molar-refractivity contribution >= 4 is 28.5 Å². The molecule has 3 aromatic carbocycles. The average Bonchev–Trinajstić information content (AvgIpc) is 3.61. The van der Waals surface area contributed by atoms with E-state index in [0.717, 1.165) is 31.2 Å². The predicted molar refractivity (Wildman–Crippen MR) is 158 cm³/mol. The summed E-state index contributed by atoms with van der Waals surface area (Å²) in [6.45, 7) is 5.87. The molecule has 0 aliphatic heterocycles. The Bertz CT molecular complexity index is 1580. The summed E-state index contributed by atoms with van der Waals surface area (Å²) in [6.07, 6.45) is 3.74. The Kier molecular flexibility index (Phi) is 7.97. The molecule has 41 heavy (non-hydrogen) atoms. The highest BCUT2D eigenvalue weighted by molar-refractivity contribution is 6.02. The lowest BCUT2D eigenvalue weighted by molar-refractivity contribution is -0.128. The van der Waals surface area contributed by atoms with Gasteiger partial charge in [0.15, 0.2) is 11.5 Å². The monoisotopic (exact) mass is 555 g/mol. The highest BCUT2D eigenvalue weighted by Gasteiger charge is 2.36. The molecule has 0 saturated heterocycles. The topological polar surface area (TPSA) is 98.6 Å². The van der Waals surface area contributed by atoms with Crippen molar-refractivity contribution in [3.63, 3.8) is 0 Å². The van der Waals surface area contributed by atoms with Crippen LogP contribution in [0.3, 0.4) is 0 Å². The lowest BCUT2D eigenvalue weighted by atomic mass is 9.97. The van der Waals surface area contributed by atoms with Gasteiger partial charge in [0.2, 0.25) is 11.8 Å². The predicted octanol–water partition coefficient (Wildman–Crippen LogP) is 5.02. The van der Waals surface area contributed by atoms with Crippen LogP contribution in [0, 0.1) is 0 Å². The largest absolute Gasteiger partial charge is 0.493 e. The molecule has 1 N–H and O–H groups in total. The Balaban J connectivity index is 1.65. The maximum atomic E-state index is 14.4. The molecule has 0 radical (unpaired) electrons. The second kappa shape index (κ2) is 11.6. The molecule has 0 bridgehead atoms. The summed E-state index contributed by atoms with van der Waals surface area (Å²) in [5.74, 6) is 0.430. The number of para-hydroxylation sites is 1. The Hall–Kier alpha value is -4.40. The van der Waals surface area contributed by atoms with Gasteiger partial charge in [-0.2, -0.15) is 0 Å². The smallest absolute Gasteiger partial charge is 0.249 e. The zero-order valence-corrected chi connectivity index (χ0v) is 24.3. The van der Waals surface area contributed by atoms with Gasteiger partial charge in [0.1, 0.15) is 18.1 Å². The maximum absolute atomic E-state index is 14.4. The van der Waals surface area contributed by atoms with Crippen molar-refractivity contribution in [3.8, 4) is 11.5 Å². The number of nitrogens with one attached hydrogen (secondary N) is 1. The van der Waals surface area contributed by atoms with Crippen molar-refractivity contribution in [3.05, 3.63) is 77.4 Å². The van der Waals surface area contributed by atoms with Crippen molar-refractivity contribution in [2.45, 2.75) is 64.6 Å². The number of aryl methyl sites for hydroxylation is 2. The van der Waals surface area contributed by atoms with Gasteiger partial charge in [0.05, 0.1) is 19.7 Å². The van der Waals surface area contributed by atoms with E-state index < -0.39 is 11.6 Å². The SMILES string of the molecule is CCC(C)(C)NC(=O)[C@@H](c1ccc(OC)c(OC)c1)N(C(=O)Cn1nnc2ccccc21)c1ccc2c(c1)CCC2. The minimum absolute atomic E-state index is 0.0914. The zero-order valence-electron chi connectivity index (χ0n) is 24.3. The molecule has 0 unspecified atom stereocenters. The summed E-state index contributed by atoms with van der Waals surface area (Å²) >= 11 is 0. The normalized spacial score (nSPS) is 13.5. The van der Waals surface area contributed by atoms with Crippen molar-refractivity contribution in [2.24, 2.45) is 0 Å². The van der Waals surface area contributed by atoms with Gasteiger partial charge < -0.3 is 14.8 Å². The quantitative estimate of drug-likeness (QED) is 0.295. The van der Waals surface area contributed by atoms with Gasteiger partial charge in [-0.3, -0.25) is 14.5 Å². The number of anilines is 1. The van der Waals surface area contributed by atoms with Gasteiger partial charge >= 0.3 is 0 Å². The number of aromatic nitrogens is 3. The molecule has 0 fully saturated rings. The Morgan fingerprint density at radius 3 is 2.51 bits per heavy atom. The first-order valence-corrected chi connectivity index (χ1v) is 14.0. The third-order valence-corrected chi connectivity index (χ3v) is 7.91. The molecular weight excluding hydrogens is 518 g/mol. The number of rotatable bonds is 10. The second-order valence-corrected chi connectivity index (χ2v) is 11.0. The summed E-state index contributed by atoms with van der Waals surface area (Å²) in [5, 5.41) is 11.7. The molecule has 0 spiro atoms. The summed E-state index contributed by atoms with van der Waals surface area (Å²) in [7, 11) is 3.12. The number of hydrogen-bond donors (Lipinski definition) is 1. The summed E-state index contributed by atoms with van der Waals surface area (Å²) < 4.78 is 12.6. The summed E-state index contributed by atoms with van der Waals surface area (Å²) in [5.41, 5.74) is 4.70. The van der Waals surface area contributed by atoms with E-state index in [2.05, 4.69) is 21.7 Å². The van der Waals surface area contributed by atoms with E-state index in [0.29, 0.717) is 28.3 Å². The molecule has 1 atom stereocenters. The number of carbonyl (C=O) groups excluding carboxylic acids is 2. The number of nitrogens with zero attached hydrogens (tertiary/aromatic N) is 4. The van der Waals surface area contributed by atoms with E-state index in [1.54, 1.807) is 35.9 Å². The molecule has 9 nitrogen and oxygen atoms in total. The van der Waals surface area contributed by atoms with E-state index in [-0.39, 0.29) is 18.4 Å². The molecule has 5 rings (SSSR count). The van der Waals surface area contributed by atoms with Crippen molar-refractivity contribution in [1.82, 2.24) is 20.3 Å². The van der Waals surface area contributed by atoms with Crippen molar-refractivity contribution in [1.29, 1.82) is 0 Å². The molecular formula is C32H37N5O4. The van der Waals surface area contributed by atoms with Gasteiger partial charge in [-0.25, -0.2) is 4.68 Å². The summed E-state index contributed by atoms with van der Waals surface area (Å²) in [4.78, 5) is 30.2. The molecule has 1 heterocycles. The van der Waals surface area contributed by atoms with Crippen LogP contribution in [0.25, 0.3) is 11.0 Å². The van der Waals surface area contributed by atoms with Crippen molar-refractivity contribution < 1.29 is 19.1 Å². The standard InChI is InChI=1S/C32H37N5O4/c1-6-32(2,3)33-31(39)30(23-15-17-27(40-4)28(19-23)41-5)37(24-16-14-21-10-9-11-22(21)18-24)29(38)20-36-26-13-8-7-12-25(26)34-35-36/h7-8,12-19,30H,6,9-11,20H2,1-5H3,(H,33,39)/t30-/m1/s1. The van der Waals surface area contributed by atoms with Crippen LogP contribution in [0.15, 0.2) is 60.7 Å². The fourth-order valence-electron chi connectivity index (χ4n) is 5.31. The minimum atomic E-state index is -0.984. The molecule has 4 aromatic rings. The van der Waals surface area contributed by atoms with Gasteiger partial charge in [0.25, 0.3) is 0 Å². The van der Waals surface area contributed by atoms with Crippen LogP contribution in [-0.4, -0.2) is 46.6 Å². The zero-order chi connectivity index (χ0) is 29.1. The Labute approximate surface area is 240 Å². The van der Waals surface area contributed by atoms with Gasteiger partial charge in [0, 0.05) is 11.2 Å². The van der Waals surface area contributed by atoms with Gasteiger partial charge in [-0.05, 0) is 92.6 Å². The number of hydrogen-bond acceptors (Lipinski definition) is 6. The summed E-state index contributed by atoms with van der Waals surface area (Å²) in [6, 6.07) is 17.9. The van der Waals surface area contributed by atoms with Gasteiger partial charge in [-0.15, -0.1) is 5.10 Å². The highest BCUT2D eigenvalue weighted by atomic mass is 16.5. The fraction of sp³-hybridized carbons (Fsp3) is 0.375. The van der Waals surface area contributed by atoms with Crippen molar-refractivity contribution in [2.75, 3.05) is 19.1 Å². The van der Waals surface area contributed by atoms with E-state index in [1.165, 1.54) is 11.1 Å². The number of carbonyl (C=O) groups is 2. The Morgan fingerprint density at radius 1 is 1.00 bits per heavy atom. The maximum Gasteiger partial charge on any atom is 0.249 e. The van der Waals surface area contributed by atoms with Crippen LogP contribution in [-0.2, 0) is 29.0 Å². The number of methoxy groups -OCH3 is 2. The number of fused-ring (bicyclic) bond motifs is 2. The Morgan fingerprint density at radius 2 is 1.76 bits per heavy atom. The first-order chi connectivity index (χ1) is 19.7.